The first-order valence-electron chi connectivity index (χ1n) is 7.38. The molecule has 1 aromatic rings. The lowest BCUT2D eigenvalue weighted by atomic mass is 10.0. The molecule has 1 unspecified atom stereocenters. The zero-order chi connectivity index (χ0) is 15.0. The van der Waals surface area contributed by atoms with E-state index in [1.807, 2.05) is 24.8 Å². The van der Waals surface area contributed by atoms with Crippen molar-refractivity contribution in [2.24, 2.45) is 0 Å². The third-order valence-corrected chi connectivity index (χ3v) is 3.51. The summed E-state index contributed by atoms with van der Waals surface area (Å²) in [5, 5.41) is 3.33. The molecule has 1 N–H and O–H groups in total. The Hall–Kier alpha value is -1.42. The molecule has 1 aromatic carbocycles. The van der Waals surface area contributed by atoms with E-state index in [2.05, 4.69) is 12.2 Å². The van der Waals surface area contributed by atoms with E-state index < -0.39 is 0 Å². The van der Waals surface area contributed by atoms with Crippen molar-refractivity contribution in [3.63, 3.8) is 0 Å². The zero-order valence-corrected chi connectivity index (χ0v) is 12.7. The summed E-state index contributed by atoms with van der Waals surface area (Å²) in [7, 11) is 0. The summed E-state index contributed by atoms with van der Waals surface area (Å²) in [5.74, 6) is -0.0569. The highest BCUT2D eigenvalue weighted by atomic mass is 19.1. The van der Waals surface area contributed by atoms with Gasteiger partial charge in [-0.1, -0.05) is 19.1 Å². The van der Waals surface area contributed by atoms with E-state index >= 15 is 0 Å². The lowest BCUT2D eigenvalue weighted by molar-refractivity contribution is -0.130. The lowest BCUT2D eigenvalue weighted by Gasteiger charge is -2.21. The van der Waals surface area contributed by atoms with Gasteiger partial charge in [0.2, 0.25) is 5.91 Å². The summed E-state index contributed by atoms with van der Waals surface area (Å²) < 4.78 is 13.2. The maximum absolute atomic E-state index is 13.2. The Bertz CT molecular complexity index is 419. The van der Waals surface area contributed by atoms with Crippen molar-refractivity contribution in [1.29, 1.82) is 0 Å². The molecule has 112 valence electrons. The number of rotatable bonds is 8. The van der Waals surface area contributed by atoms with Gasteiger partial charge in [-0.25, -0.2) is 4.39 Å². The van der Waals surface area contributed by atoms with Gasteiger partial charge in [0.1, 0.15) is 5.82 Å². The topological polar surface area (TPSA) is 32.3 Å². The molecule has 0 saturated carbocycles. The summed E-state index contributed by atoms with van der Waals surface area (Å²) in [6, 6.07) is 6.72. The fourth-order valence-corrected chi connectivity index (χ4v) is 2.31. The van der Waals surface area contributed by atoms with Crippen molar-refractivity contribution in [2.75, 3.05) is 19.6 Å². The summed E-state index contributed by atoms with van der Waals surface area (Å²) in [6.07, 6.45) is 1.34. The number of carbonyl (C=O) groups is 1. The van der Waals surface area contributed by atoms with Crippen LogP contribution in [0.25, 0.3) is 0 Å². The van der Waals surface area contributed by atoms with Crippen LogP contribution in [0.5, 0.6) is 0 Å². The summed E-state index contributed by atoms with van der Waals surface area (Å²) >= 11 is 0. The van der Waals surface area contributed by atoms with Crippen LogP contribution < -0.4 is 5.32 Å². The molecule has 0 saturated heterocycles. The summed E-state index contributed by atoms with van der Waals surface area (Å²) in [4.78, 5) is 13.7. The second-order valence-corrected chi connectivity index (χ2v) is 4.79. The maximum Gasteiger partial charge on any atom is 0.223 e. The third kappa shape index (κ3) is 4.93. The largest absolute Gasteiger partial charge is 0.343 e. The highest BCUT2D eigenvalue weighted by Gasteiger charge is 2.12. The van der Waals surface area contributed by atoms with Crippen LogP contribution in [0, 0.1) is 5.82 Å². The molecule has 0 aliphatic heterocycles. The third-order valence-electron chi connectivity index (χ3n) is 3.51. The van der Waals surface area contributed by atoms with Crippen LogP contribution in [0.15, 0.2) is 24.3 Å². The minimum Gasteiger partial charge on any atom is -0.343 e. The molecule has 20 heavy (non-hydrogen) atoms. The number of hydrogen-bond acceptors (Lipinski definition) is 2. The minimum absolute atomic E-state index is 0.0928. The molecular formula is C16H25FN2O. The number of halogens is 1. The molecule has 0 aromatic heterocycles. The predicted molar refractivity (Wildman–Crippen MR) is 80.0 cm³/mol. The van der Waals surface area contributed by atoms with E-state index in [4.69, 9.17) is 0 Å². The van der Waals surface area contributed by atoms with E-state index in [0.717, 1.165) is 25.1 Å². The van der Waals surface area contributed by atoms with Crippen molar-refractivity contribution in [3.8, 4) is 0 Å². The first kappa shape index (κ1) is 16.6. The molecule has 0 heterocycles. The molecule has 0 spiro atoms. The first-order chi connectivity index (χ1) is 9.62. The van der Waals surface area contributed by atoms with Gasteiger partial charge < -0.3 is 10.2 Å². The number of benzene rings is 1. The predicted octanol–water partition coefficient (Wildman–Crippen LogP) is 3.12. The Morgan fingerprint density at radius 2 is 2.00 bits per heavy atom. The van der Waals surface area contributed by atoms with Crippen LogP contribution in [0.2, 0.25) is 0 Å². The molecule has 1 amide bonds. The number of nitrogens with zero attached hydrogens (tertiary/aromatic N) is 1. The van der Waals surface area contributed by atoms with Crippen molar-refractivity contribution >= 4 is 5.91 Å². The number of nitrogens with one attached hydrogen (secondary N) is 1. The highest BCUT2D eigenvalue weighted by Crippen LogP contribution is 2.17. The van der Waals surface area contributed by atoms with E-state index in [1.54, 1.807) is 12.1 Å². The molecule has 0 aliphatic rings. The van der Waals surface area contributed by atoms with Crippen molar-refractivity contribution in [2.45, 2.75) is 39.7 Å². The standard InChI is InChI=1S/C16H25FN2O/c1-4-15(13-8-7-9-14(17)12-13)18-11-10-16(20)19(5-2)6-3/h7-9,12,15,18H,4-6,10-11H2,1-3H3. The highest BCUT2D eigenvalue weighted by molar-refractivity contribution is 5.76. The molecular weight excluding hydrogens is 255 g/mol. The fraction of sp³-hybridized carbons (Fsp3) is 0.562. The van der Waals surface area contributed by atoms with Crippen LogP contribution in [-0.2, 0) is 4.79 Å². The average molecular weight is 280 g/mol. The number of amides is 1. The molecule has 0 bridgehead atoms. The van der Waals surface area contributed by atoms with Gasteiger partial charge in [0.25, 0.3) is 0 Å². The SMILES string of the molecule is CCC(NCCC(=O)N(CC)CC)c1cccc(F)c1. The fourth-order valence-electron chi connectivity index (χ4n) is 2.31. The lowest BCUT2D eigenvalue weighted by Crippen LogP contribution is -2.33. The number of carbonyl (C=O) groups excluding carboxylic acids is 1. The summed E-state index contributed by atoms with van der Waals surface area (Å²) in [5.41, 5.74) is 0.933. The van der Waals surface area contributed by atoms with E-state index in [9.17, 15) is 9.18 Å². The van der Waals surface area contributed by atoms with Gasteiger partial charge in [-0.15, -0.1) is 0 Å². The van der Waals surface area contributed by atoms with Gasteiger partial charge >= 0.3 is 0 Å². The van der Waals surface area contributed by atoms with Crippen molar-refractivity contribution < 1.29 is 9.18 Å². The Morgan fingerprint density at radius 3 is 2.55 bits per heavy atom. The quantitative estimate of drug-likeness (QED) is 0.793. The van der Waals surface area contributed by atoms with Crippen LogP contribution in [0.1, 0.15) is 45.2 Å². The Morgan fingerprint density at radius 1 is 1.30 bits per heavy atom. The van der Waals surface area contributed by atoms with Gasteiger partial charge in [0, 0.05) is 32.1 Å². The Labute approximate surface area is 121 Å². The minimum atomic E-state index is -0.220. The Balaban J connectivity index is 2.48. The second-order valence-electron chi connectivity index (χ2n) is 4.79. The average Bonchev–Trinajstić information content (AvgIpc) is 2.45. The molecule has 1 rings (SSSR count). The monoisotopic (exact) mass is 280 g/mol. The van der Waals surface area contributed by atoms with Gasteiger partial charge in [-0.2, -0.15) is 0 Å². The van der Waals surface area contributed by atoms with Crippen LogP contribution >= 0.6 is 0 Å². The zero-order valence-electron chi connectivity index (χ0n) is 12.7. The normalized spacial score (nSPS) is 12.2. The van der Waals surface area contributed by atoms with Crippen LogP contribution in [0.4, 0.5) is 4.39 Å². The van der Waals surface area contributed by atoms with E-state index in [1.165, 1.54) is 6.07 Å². The van der Waals surface area contributed by atoms with E-state index in [0.29, 0.717) is 13.0 Å². The number of hydrogen-bond donors (Lipinski definition) is 1. The van der Waals surface area contributed by atoms with E-state index in [-0.39, 0.29) is 17.8 Å². The molecule has 0 radical (unpaired) electrons. The first-order valence-corrected chi connectivity index (χ1v) is 7.38. The molecule has 1 atom stereocenters. The van der Waals surface area contributed by atoms with Crippen LogP contribution in [-0.4, -0.2) is 30.4 Å². The molecule has 0 aliphatic carbocycles. The second kappa shape index (κ2) is 8.69. The van der Waals surface area contributed by atoms with Gasteiger partial charge in [-0.3, -0.25) is 4.79 Å². The molecule has 4 heteroatoms. The van der Waals surface area contributed by atoms with Gasteiger partial charge in [0.05, 0.1) is 0 Å². The molecule has 0 fully saturated rings. The van der Waals surface area contributed by atoms with Crippen molar-refractivity contribution in [1.82, 2.24) is 10.2 Å². The van der Waals surface area contributed by atoms with Gasteiger partial charge in [-0.05, 0) is 38.0 Å². The summed E-state index contributed by atoms with van der Waals surface area (Å²) in [6.45, 7) is 8.12. The maximum atomic E-state index is 13.2. The smallest absolute Gasteiger partial charge is 0.223 e. The Kier molecular flexibility index (Phi) is 7.23. The van der Waals surface area contributed by atoms with Gasteiger partial charge in [0.15, 0.2) is 0 Å². The molecule has 3 nitrogen and oxygen atoms in total. The van der Waals surface area contributed by atoms with Crippen LogP contribution in [0.3, 0.4) is 0 Å². The van der Waals surface area contributed by atoms with Crippen molar-refractivity contribution in [3.05, 3.63) is 35.6 Å².